The van der Waals surface area contributed by atoms with Crippen LogP contribution in [0, 0.1) is 0 Å². The second kappa shape index (κ2) is 11.6. The Kier molecular flexibility index (Phi) is 6.29. The van der Waals surface area contributed by atoms with Crippen LogP contribution >= 0.6 is 11.3 Å². The lowest BCUT2D eigenvalue weighted by Crippen LogP contribution is -2.04. The molecular weight excluding hydrogens is 713 g/mol. The molecule has 0 aliphatic carbocycles. The van der Waals surface area contributed by atoms with Crippen molar-refractivity contribution in [1.29, 1.82) is 0 Å². The first-order valence-electron chi connectivity index (χ1n) is 19.3. The van der Waals surface area contributed by atoms with Crippen LogP contribution < -0.4 is 0 Å². The minimum absolute atomic E-state index is 0.658. The molecule has 57 heavy (non-hydrogen) atoms. The molecule has 0 aliphatic heterocycles. The molecule has 0 spiro atoms. The van der Waals surface area contributed by atoms with Crippen LogP contribution in [0.2, 0.25) is 0 Å². The quantitative estimate of drug-likeness (QED) is 0.169. The average molecular weight is 743 g/mol. The summed E-state index contributed by atoms with van der Waals surface area (Å²) in [5, 5.41) is 13.2. The van der Waals surface area contributed by atoms with Gasteiger partial charge in [0.2, 0.25) is 5.95 Å². The van der Waals surface area contributed by atoms with Gasteiger partial charge in [0.1, 0.15) is 0 Å². The SMILES string of the molecule is c1ccc(-c2nc(-n3c4ccccc4c4c5c6ccccc6n(-c6cccc7c6sc6ccccc67)c5ccc43)nc3c4ccccc4c4ccccc4c23)cc1. The Hall–Kier alpha value is -7.34. The monoisotopic (exact) mass is 742 g/mol. The summed E-state index contributed by atoms with van der Waals surface area (Å²) in [7, 11) is 0. The van der Waals surface area contributed by atoms with Crippen molar-refractivity contribution >= 4 is 108 Å². The summed E-state index contributed by atoms with van der Waals surface area (Å²) >= 11 is 1.87. The third-order valence-electron chi connectivity index (χ3n) is 11.9. The molecule has 13 aromatic rings. The van der Waals surface area contributed by atoms with Crippen LogP contribution in [-0.2, 0) is 0 Å². The van der Waals surface area contributed by atoms with Crippen molar-refractivity contribution in [2.45, 2.75) is 0 Å². The molecule has 0 saturated heterocycles. The third-order valence-corrected chi connectivity index (χ3v) is 13.1. The van der Waals surface area contributed by atoms with Crippen molar-refractivity contribution in [3.8, 4) is 22.9 Å². The highest BCUT2D eigenvalue weighted by molar-refractivity contribution is 7.26. The first-order valence-corrected chi connectivity index (χ1v) is 20.2. The van der Waals surface area contributed by atoms with E-state index in [4.69, 9.17) is 9.97 Å². The van der Waals surface area contributed by atoms with Gasteiger partial charge in [0.05, 0.1) is 43.7 Å². The Morgan fingerprint density at radius 3 is 1.63 bits per heavy atom. The molecule has 264 valence electrons. The summed E-state index contributed by atoms with van der Waals surface area (Å²) in [5.74, 6) is 0.658. The molecule has 9 aromatic carbocycles. The highest BCUT2D eigenvalue weighted by Crippen LogP contribution is 2.46. The van der Waals surface area contributed by atoms with Crippen LogP contribution in [0.15, 0.2) is 182 Å². The number of nitrogens with zero attached hydrogens (tertiary/aromatic N) is 4. The van der Waals surface area contributed by atoms with E-state index in [1.807, 2.05) is 11.3 Å². The molecule has 0 amide bonds. The molecule has 0 fully saturated rings. The standard InChI is InChI=1S/C52H30N4S/c1-2-15-31(16-3-1)49-48-35-20-6-4-17-32(35)33-18-5-7-21-36(33)50(48)54-52(53-49)56-41-26-12-9-23-39(41)47-43(56)30-29-42-46(47)38-22-8-11-25-40(38)55(42)44-27-14-24-37-34-19-10-13-28-45(34)57-51(37)44/h1-30H. The molecule has 4 heterocycles. The van der Waals surface area contributed by atoms with Gasteiger partial charge in [-0.2, -0.15) is 0 Å². The number of aromatic nitrogens is 4. The zero-order chi connectivity index (χ0) is 37.2. The van der Waals surface area contributed by atoms with Crippen LogP contribution in [-0.4, -0.2) is 19.1 Å². The maximum absolute atomic E-state index is 5.58. The van der Waals surface area contributed by atoms with Gasteiger partial charge in [0.15, 0.2) is 0 Å². The van der Waals surface area contributed by atoms with E-state index >= 15 is 0 Å². The lowest BCUT2D eigenvalue weighted by molar-refractivity contribution is 1.02. The minimum atomic E-state index is 0.658. The van der Waals surface area contributed by atoms with E-state index in [1.54, 1.807) is 0 Å². The Morgan fingerprint density at radius 1 is 0.351 bits per heavy atom. The van der Waals surface area contributed by atoms with Crippen molar-refractivity contribution in [2.24, 2.45) is 0 Å². The molecule has 0 radical (unpaired) electrons. The van der Waals surface area contributed by atoms with E-state index in [0.29, 0.717) is 5.95 Å². The fourth-order valence-corrected chi connectivity index (χ4v) is 10.8. The fourth-order valence-electron chi connectivity index (χ4n) is 9.57. The molecule has 0 N–H and O–H groups in total. The van der Waals surface area contributed by atoms with Gasteiger partial charge in [-0.25, -0.2) is 9.97 Å². The number of hydrogen-bond donors (Lipinski definition) is 0. The Bertz CT molecular complexity index is 3810. The van der Waals surface area contributed by atoms with Crippen LogP contribution in [0.5, 0.6) is 0 Å². The van der Waals surface area contributed by atoms with Crippen molar-refractivity contribution in [3.63, 3.8) is 0 Å². The van der Waals surface area contributed by atoms with Gasteiger partial charge in [0.25, 0.3) is 0 Å². The topological polar surface area (TPSA) is 35.6 Å². The molecule has 4 nitrogen and oxygen atoms in total. The van der Waals surface area contributed by atoms with Crippen LogP contribution in [0.3, 0.4) is 0 Å². The normalized spacial score (nSPS) is 12.2. The van der Waals surface area contributed by atoms with Gasteiger partial charge >= 0.3 is 0 Å². The van der Waals surface area contributed by atoms with Crippen molar-refractivity contribution in [2.75, 3.05) is 0 Å². The lowest BCUT2D eigenvalue weighted by atomic mass is 9.94. The summed E-state index contributed by atoms with van der Waals surface area (Å²) in [5.41, 5.74) is 8.67. The fraction of sp³-hybridized carbons (Fsp3) is 0. The van der Waals surface area contributed by atoms with E-state index in [2.05, 4.69) is 191 Å². The number of rotatable bonds is 3. The molecule has 4 aromatic heterocycles. The van der Waals surface area contributed by atoms with E-state index in [9.17, 15) is 0 Å². The Balaban J connectivity index is 1.18. The summed E-state index contributed by atoms with van der Waals surface area (Å²) < 4.78 is 7.36. The van der Waals surface area contributed by atoms with Crippen molar-refractivity contribution < 1.29 is 0 Å². The Labute approximate surface area is 330 Å². The van der Waals surface area contributed by atoms with Crippen LogP contribution in [0.4, 0.5) is 0 Å². The molecular formula is C52H30N4S. The van der Waals surface area contributed by atoms with Crippen molar-refractivity contribution in [3.05, 3.63) is 182 Å². The van der Waals surface area contributed by atoms with Crippen molar-refractivity contribution in [1.82, 2.24) is 19.1 Å². The van der Waals surface area contributed by atoms with Gasteiger partial charge in [-0.3, -0.25) is 4.57 Å². The predicted octanol–water partition coefficient (Wildman–Crippen LogP) is 14.2. The number of thiophene rings is 1. The van der Waals surface area contributed by atoms with Gasteiger partial charge in [-0.15, -0.1) is 11.3 Å². The molecule has 13 rings (SSSR count). The summed E-state index contributed by atoms with van der Waals surface area (Å²) in [6, 6.07) is 65.6. The van der Waals surface area contributed by atoms with E-state index < -0.39 is 0 Å². The molecule has 5 heteroatoms. The number of hydrogen-bond acceptors (Lipinski definition) is 3. The minimum Gasteiger partial charge on any atom is -0.308 e. The average Bonchev–Trinajstić information content (AvgIpc) is 3.94. The predicted molar refractivity (Wildman–Crippen MR) is 242 cm³/mol. The van der Waals surface area contributed by atoms with Gasteiger partial charge in [0, 0.05) is 53.4 Å². The summed E-state index contributed by atoms with van der Waals surface area (Å²) in [6.45, 7) is 0. The molecule has 0 aliphatic rings. The highest BCUT2D eigenvalue weighted by atomic mass is 32.1. The second-order valence-corrected chi connectivity index (χ2v) is 15.9. The molecule has 0 unspecified atom stereocenters. The molecule has 0 bridgehead atoms. The third kappa shape index (κ3) is 4.21. The maximum Gasteiger partial charge on any atom is 0.235 e. The smallest absolute Gasteiger partial charge is 0.235 e. The Morgan fingerprint density at radius 2 is 0.895 bits per heavy atom. The number of para-hydroxylation sites is 2. The first-order chi connectivity index (χ1) is 28.3. The number of fused-ring (bicyclic) bond motifs is 16. The summed E-state index contributed by atoms with van der Waals surface area (Å²) in [4.78, 5) is 11.1. The van der Waals surface area contributed by atoms with Gasteiger partial charge in [-0.1, -0.05) is 146 Å². The largest absolute Gasteiger partial charge is 0.308 e. The number of benzene rings is 9. The van der Waals surface area contributed by atoms with E-state index in [1.165, 1.54) is 69.2 Å². The first kappa shape index (κ1) is 30.9. The molecule has 0 atom stereocenters. The van der Waals surface area contributed by atoms with E-state index in [-0.39, 0.29) is 0 Å². The lowest BCUT2D eigenvalue weighted by Gasteiger charge is -2.16. The van der Waals surface area contributed by atoms with Gasteiger partial charge < -0.3 is 4.57 Å². The zero-order valence-electron chi connectivity index (χ0n) is 30.5. The summed E-state index contributed by atoms with van der Waals surface area (Å²) in [6.07, 6.45) is 0. The van der Waals surface area contributed by atoms with Gasteiger partial charge in [-0.05, 0) is 52.6 Å². The highest BCUT2D eigenvalue weighted by Gasteiger charge is 2.24. The molecule has 0 saturated carbocycles. The van der Waals surface area contributed by atoms with Crippen LogP contribution in [0.1, 0.15) is 0 Å². The van der Waals surface area contributed by atoms with Crippen LogP contribution in [0.25, 0.3) is 119 Å². The maximum atomic E-state index is 5.58. The van der Waals surface area contributed by atoms with E-state index in [0.717, 1.165) is 44.0 Å². The second-order valence-electron chi connectivity index (χ2n) is 14.9. The zero-order valence-corrected chi connectivity index (χ0v) is 31.3.